The molecule has 1 aliphatic heterocycles. The van der Waals surface area contributed by atoms with Crippen molar-refractivity contribution in [2.24, 2.45) is 0 Å². The Hall–Kier alpha value is -0.570. The molecule has 1 aliphatic rings. The van der Waals surface area contributed by atoms with Crippen LogP contribution in [0.15, 0.2) is 0 Å². The first-order valence-corrected chi connectivity index (χ1v) is 4.71. The molecule has 0 bridgehead atoms. The highest BCUT2D eigenvalue weighted by Crippen LogP contribution is 2.05. The molecule has 0 spiro atoms. The van der Waals surface area contributed by atoms with Gasteiger partial charge in [0.25, 0.3) is 0 Å². The summed E-state index contributed by atoms with van der Waals surface area (Å²) in [6, 6.07) is 0.521. The highest BCUT2D eigenvalue weighted by Gasteiger charge is 2.20. The Bertz CT molecular complexity index is 159. The van der Waals surface area contributed by atoms with Gasteiger partial charge in [0.1, 0.15) is 0 Å². The molecule has 0 aromatic heterocycles. The number of carbonyl (C=O) groups is 1. The van der Waals surface area contributed by atoms with Gasteiger partial charge >= 0.3 is 0 Å². The topological polar surface area (TPSA) is 32.3 Å². The lowest BCUT2D eigenvalue weighted by Gasteiger charge is -2.30. The van der Waals surface area contributed by atoms with Gasteiger partial charge in [-0.15, -0.1) is 0 Å². The molecule has 3 nitrogen and oxygen atoms in total. The van der Waals surface area contributed by atoms with Crippen LogP contribution >= 0.6 is 0 Å². The summed E-state index contributed by atoms with van der Waals surface area (Å²) in [5, 5.41) is 3.24. The molecule has 70 valence electrons. The summed E-state index contributed by atoms with van der Waals surface area (Å²) in [4.78, 5) is 12.9. The zero-order chi connectivity index (χ0) is 8.97. The fourth-order valence-corrected chi connectivity index (χ4v) is 1.51. The van der Waals surface area contributed by atoms with Crippen LogP contribution < -0.4 is 5.32 Å². The third-order valence-corrected chi connectivity index (χ3v) is 2.37. The van der Waals surface area contributed by atoms with Gasteiger partial charge in [0.15, 0.2) is 0 Å². The number of unbranched alkanes of at least 4 members (excludes halogenated alkanes) is 1. The zero-order valence-corrected chi connectivity index (χ0v) is 7.97. The fraction of sp³-hybridized carbons (Fsp3) is 0.889. The Morgan fingerprint density at radius 1 is 1.67 bits per heavy atom. The summed E-state index contributed by atoms with van der Waals surface area (Å²) in [6.07, 6.45) is 3.67. The Labute approximate surface area is 74.1 Å². The van der Waals surface area contributed by atoms with E-state index in [0.717, 1.165) is 6.54 Å². The Morgan fingerprint density at radius 2 is 2.42 bits per heavy atom. The minimum atomic E-state index is 0.211. The lowest BCUT2D eigenvalue weighted by Crippen LogP contribution is -2.52. The van der Waals surface area contributed by atoms with E-state index in [1.807, 2.05) is 11.9 Å². The van der Waals surface area contributed by atoms with Gasteiger partial charge in [0.05, 0.1) is 6.54 Å². The summed E-state index contributed by atoms with van der Waals surface area (Å²) in [6.45, 7) is 3.58. The van der Waals surface area contributed by atoms with Crippen molar-refractivity contribution in [2.45, 2.75) is 32.2 Å². The number of piperazine rings is 1. The molecule has 1 heterocycles. The van der Waals surface area contributed by atoms with E-state index in [4.69, 9.17) is 0 Å². The number of nitrogens with one attached hydrogen (secondary N) is 1. The van der Waals surface area contributed by atoms with Crippen LogP contribution in [-0.2, 0) is 4.79 Å². The number of hydrogen-bond acceptors (Lipinski definition) is 2. The monoisotopic (exact) mass is 170 g/mol. The molecule has 1 saturated heterocycles. The number of hydrogen-bond donors (Lipinski definition) is 1. The van der Waals surface area contributed by atoms with Gasteiger partial charge in [-0.3, -0.25) is 4.79 Å². The summed E-state index contributed by atoms with van der Waals surface area (Å²) in [7, 11) is 1.88. The van der Waals surface area contributed by atoms with Crippen LogP contribution in [0.25, 0.3) is 0 Å². The van der Waals surface area contributed by atoms with E-state index in [0.29, 0.717) is 12.6 Å². The van der Waals surface area contributed by atoms with Crippen molar-refractivity contribution >= 4 is 5.91 Å². The Morgan fingerprint density at radius 3 is 3.00 bits per heavy atom. The second kappa shape index (κ2) is 4.45. The number of carbonyl (C=O) groups excluding carboxylic acids is 1. The predicted molar refractivity (Wildman–Crippen MR) is 49.0 cm³/mol. The molecule has 0 aliphatic carbocycles. The standard InChI is InChI=1S/C9H18N2O/c1-3-4-5-8-7-11(2)9(12)6-10-8/h8,10H,3-7H2,1-2H3. The first-order chi connectivity index (χ1) is 5.74. The van der Waals surface area contributed by atoms with Gasteiger partial charge in [-0.25, -0.2) is 0 Å². The van der Waals surface area contributed by atoms with Gasteiger partial charge < -0.3 is 10.2 Å². The van der Waals surface area contributed by atoms with E-state index in [-0.39, 0.29) is 5.91 Å². The van der Waals surface area contributed by atoms with Gasteiger partial charge in [-0.1, -0.05) is 19.8 Å². The zero-order valence-electron chi connectivity index (χ0n) is 7.97. The van der Waals surface area contributed by atoms with E-state index in [2.05, 4.69) is 12.2 Å². The minimum absolute atomic E-state index is 0.211. The van der Waals surface area contributed by atoms with Gasteiger partial charge in [-0.05, 0) is 6.42 Å². The van der Waals surface area contributed by atoms with Crippen LogP contribution in [0, 0.1) is 0 Å². The van der Waals surface area contributed by atoms with Crippen LogP contribution in [0.2, 0.25) is 0 Å². The van der Waals surface area contributed by atoms with E-state index in [9.17, 15) is 4.79 Å². The molecule has 0 saturated carbocycles. The van der Waals surface area contributed by atoms with E-state index in [1.165, 1.54) is 19.3 Å². The first kappa shape index (κ1) is 9.52. The quantitative estimate of drug-likeness (QED) is 0.673. The molecule has 1 N–H and O–H groups in total. The summed E-state index contributed by atoms with van der Waals surface area (Å²) >= 11 is 0. The van der Waals surface area contributed by atoms with E-state index >= 15 is 0 Å². The predicted octanol–water partition coefficient (Wildman–Crippen LogP) is 0.607. The van der Waals surface area contributed by atoms with Crippen LogP contribution in [0.3, 0.4) is 0 Å². The smallest absolute Gasteiger partial charge is 0.236 e. The maximum Gasteiger partial charge on any atom is 0.236 e. The molecule has 1 unspecified atom stereocenters. The van der Waals surface area contributed by atoms with Gasteiger partial charge in [-0.2, -0.15) is 0 Å². The maximum atomic E-state index is 11.1. The van der Waals surface area contributed by atoms with Crippen LogP contribution in [-0.4, -0.2) is 37.0 Å². The molecule has 12 heavy (non-hydrogen) atoms. The maximum absolute atomic E-state index is 11.1. The number of rotatable bonds is 3. The molecular weight excluding hydrogens is 152 g/mol. The molecule has 3 heteroatoms. The average molecular weight is 170 g/mol. The van der Waals surface area contributed by atoms with Gasteiger partial charge in [0, 0.05) is 19.6 Å². The summed E-state index contributed by atoms with van der Waals surface area (Å²) in [5.41, 5.74) is 0. The lowest BCUT2D eigenvalue weighted by molar-refractivity contribution is -0.131. The van der Waals surface area contributed by atoms with Crippen molar-refractivity contribution in [3.8, 4) is 0 Å². The molecule has 0 radical (unpaired) electrons. The molecular formula is C9H18N2O. The van der Waals surface area contributed by atoms with Crippen molar-refractivity contribution in [1.29, 1.82) is 0 Å². The van der Waals surface area contributed by atoms with Crippen LogP contribution in [0.5, 0.6) is 0 Å². The van der Waals surface area contributed by atoms with Crippen molar-refractivity contribution in [2.75, 3.05) is 20.1 Å². The molecule has 0 aromatic carbocycles. The molecule has 1 amide bonds. The normalized spacial score (nSPS) is 24.7. The van der Waals surface area contributed by atoms with Crippen molar-refractivity contribution in [1.82, 2.24) is 10.2 Å². The Balaban J connectivity index is 2.25. The first-order valence-electron chi connectivity index (χ1n) is 4.71. The molecule has 1 atom stereocenters. The lowest BCUT2D eigenvalue weighted by atomic mass is 10.1. The summed E-state index contributed by atoms with van der Waals surface area (Å²) in [5.74, 6) is 0.211. The average Bonchev–Trinajstić information content (AvgIpc) is 2.07. The van der Waals surface area contributed by atoms with E-state index in [1.54, 1.807) is 0 Å². The van der Waals surface area contributed by atoms with Gasteiger partial charge in [0.2, 0.25) is 5.91 Å². The SMILES string of the molecule is CCCCC1CN(C)C(=O)CN1. The molecule has 0 aromatic rings. The summed E-state index contributed by atoms with van der Waals surface area (Å²) < 4.78 is 0. The number of amides is 1. The molecule has 1 rings (SSSR count). The van der Waals surface area contributed by atoms with Crippen LogP contribution in [0.4, 0.5) is 0 Å². The van der Waals surface area contributed by atoms with E-state index < -0.39 is 0 Å². The third-order valence-electron chi connectivity index (χ3n) is 2.37. The largest absolute Gasteiger partial charge is 0.343 e. The highest BCUT2D eigenvalue weighted by atomic mass is 16.2. The van der Waals surface area contributed by atoms with Crippen molar-refractivity contribution in [3.63, 3.8) is 0 Å². The minimum Gasteiger partial charge on any atom is -0.343 e. The van der Waals surface area contributed by atoms with Crippen LogP contribution in [0.1, 0.15) is 26.2 Å². The second-order valence-corrected chi connectivity index (χ2v) is 3.49. The third kappa shape index (κ3) is 2.48. The molecule has 1 fully saturated rings. The second-order valence-electron chi connectivity index (χ2n) is 3.49. The highest BCUT2D eigenvalue weighted by molar-refractivity contribution is 5.78. The number of likely N-dealkylation sites (N-methyl/N-ethyl adjacent to an activating group) is 1. The fourth-order valence-electron chi connectivity index (χ4n) is 1.51. The Kier molecular flexibility index (Phi) is 3.53. The van der Waals surface area contributed by atoms with Crippen molar-refractivity contribution in [3.05, 3.63) is 0 Å². The van der Waals surface area contributed by atoms with Crippen molar-refractivity contribution < 1.29 is 4.79 Å². The number of nitrogens with zero attached hydrogens (tertiary/aromatic N) is 1.